The van der Waals surface area contributed by atoms with Gasteiger partial charge in [-0.1, -0.05) is 44.2 Å². The summed E-state index contributed by atoms with van der Waals surface area (Å²) in [7, 11) is 0. The van der Waals surface area contributed by atoms with Crippen molar-refractivity contribution in [2.24, 2.45) is 5.92 Å². The lowest BCUT2D eigenvalue weighted by atomic mass is 9.84. The van der Waals surface area contributed by atoms with Crippen LogP contribution in [0.3, 0.4) is 0 Å². The van der Waals surface area contributed by atoms with Crippen molar-refractivity contribution in [3.8, 4) is 0 Å². The molecule has 0 fully saturated rings. The quantitative estimate of drug-likeness (QED) is 0.460. The van der Waals surface area contributed by atoms with Crippen molar-refractivity contribution < 1.29 is 29.4 Å². The van der Waals surface area contributed by atoms with E-state index in [1.165, 1.54) is 24.3 Å². The molecule has 0 spiro atoms. The van der Waals surface area contributed by atoms with Gasteiger partial charge in [-0.05, 0) is 48.6 Å². The third-order valence-electron chi connectivity index (χ3n) is 7.17. The molecule has 2 unspecified atom stereocenters. The van der Waals surface area contributed by atoms with E-state index in [0.717, 1.165) is 15.4 Å². The van der Waals surface area contributed by atoms with Gasteiger partial charge in [0.05, 0.1) is 25.3 Å². The molecule has 190 valence electrons. The van der Waals surface area contributed by atoms with Crippen LogP contribution in [0.25, 0.3) is 10.8 Å². The number of benzene rings is 3. The number of hydrogen-bond acceptors (Lipinski definition) is 6. The van der Waals surface area contributed by atoms with E-state index in [9.17, 15) is 29.4 Å². The zero-order chi connectivity index (χ0) is 26.4. The van der Waals surface area contributed by atoms with Crippen LogP contribution in [0.2, 0.25) is 0 Å². The molecule has 4 amide bonds. The van der Waals surface area contributed by atoms with Gasteiger partial charge in [0.1, 0.15) is 0 Å². The molecular weight excluding hydrogens is 472 g/mol. The molecule has 0 aromatic heterocycles. The van der Waals surface area contributed by atoms with Gasteiger partial charge < -0.3 is 10.2 Å². The average molecular weight is 501 g/mol. The maximum atomic E-state index is 13.6. The Bertz CT molecular complexity index is 1360. The van der Waals surface area contributed by atoms with Gasteiger partial charge in [-0.25, -0.2) is 0 Å². The third kappa shape index (κ3) is 3.93. The van der Waals surface area contributed by atoms with Crippen molar-refractivity contribution in [1.82, 2.24) is 9.80 Å². The van der Waals surface area contributed by atoms with Gasteiger partial charge >= 0.3 is 0 Å². The highest BCUT2D eigenvalue weighted by atomic mass is 16.3. The molecule has 2 aliphatic rings. The molecule has 3 aromatic rings. The standard InChI is InChI=1S/C29H28N2O6/c1-16(2)12-18(14-32)30-26(34)20-8-10-22-25-23(11-9-21(24(20)25)27(30)35)29(37)31(28(22)36)19(15-33)13-17-6-4-3-5-7-17/h3-11,16,18-19,32-33H,12-15H2,1-2H3. The summed E-state index contributed by atoms with van der Waals surface area (Å²) in [5, 5.41) is 20.7. The molecule has 8 heteroatoms. The number of carbonyl (C=O) groups excluding carboxylic acids is 4. The Morgan fingerprint density at radius 3 is 1.41 bits per heavy atom. The van der Waals surface area contributed by atoms with E-state index in [4.69, 9.17) is 0 Å². The number of aliphatic hydroxyl groups excluding tert-OH is 2. The van der Waals surface area contributed by atoms with Crippen LogP contribution in [0.4, 0.5) is 0 Å². The van der Waals surface area contributed by atoms with Gasteiger partial charge in [0.25, 0.3) is 23.6 Å². The molecule has 0 radical (unpaired) electrons. The molecule has 0 saturated carbocycles. The molecular formula is C29H28N2O6. The number of rotatable bonds is 8. The molecule has 2 N–H and O–H groups in total. The van der Waals surface area contributed by atoms with Gasteiger partial charge in [0.2, 0.25) is 0 Å². The molecule has 37 heavy (non-hydrogen) atoms. The first-order valence-corrected chi connectivity index (χ1v) is 12.4. The monoisotopic (exact) mass is 500 g/mol. The zero-order valence-corrected chi connectivity index (χ0v) is 20.7. The first-order chi connectivity index (χ1) is 17.8. The molecule has 2 heterocycles. The second-order valence-electron chi connectivity index (χ2n) is 10.0. The summed E-state index contributed by atoms with van der Waals surface area (Å²) >= 11 is 0. The second kappa shape index (κ2) is 9.53. The van der Waals surface area contributed by atoms with E-state index in [2.05, 4.69) is 0 Å². The van der Waals surface area contributed by atoms with Crippen LogP contribution in [0.15, 0.2) is 54.6 Å². The molecule has 2 atom stereocenters. The largest absolute Gasteiger partial charge is 0.394 e. The van der Waals surface area contributed by atoms with E-state index >= 15 is 0 Å². The van der Waals surface area contributed by atoms with Gasteiger partial charge in [0.15, 0.2) is 0 Å². The fraction of sp³-hybridized carbons (Fsp3) is 0.310. The summed E-state index contributed by atoms with van der Waals surface area (Å²) in [6.45, 7) is 3.12. The van der Waals surface area contributed by atoms with Gasteiger partial charge in [-0.3, -0.25) is 29.0 Å². The SMILES string of the molecule is CC(C)CC(CO)N1C(=O)c2ccc3c4c(ccc(c24)C1=O)C(=O)N(C(CO)Cc1ccccc1)C3=O. The summed E-state index contributed by atoms with van der Waals surface area (Å²) in [5.41, 5.74) is 1.71. The van der Waals surface area contributed by atoms with Crippen LogP contribution in [-0.4, -0.2) is 68.9 Å². The number of nitrogens with zero attached hydrogens (tertiary/aromatic N) is 2. The van der Waals surface area contributed by atoms with Crippen molar-refractivity contribution in [2.45, 2.75) is 38.8 Å². The van der Waals surface area contributed by atoms with Crippen molar-refractivity contribution >= 4 is 34.4 Å². The molecule has 0 aliphatic carbocycles. The van der Waals surface area contributed by atoms with Crippen LogP contribution < -0.4 is 0 Å². The van der Waals surface area contributed by atoms with E-state index in [1.54, 1.807) is 0 Å². The average Bonchev–Trinajstić information content (AvgIpc) is 2.89. The smallest absolute Gasteiger partial charge is 0.261 e. The Kier molecular flexibility index (Phi) is 6.39. The predicted molar refractivity (Wildman–Crippen MR) is 136 cm³/mol. The molecule has 2 aliphatic heterocycles. The third-order valence-corrected chi connectivity index (χ3v) is 7.17. The number of hydrogen-bond donors (Lipinski definition) is 2. The lowest BCUT2D eigenvalue weighted by molar-refractivity contribution is 0.0434. The minimum absolute atomic E-state index is 0.145. The van der Waals surface area contributed by atoms with Crippen molar-refractivity contribution in [3.63, 3.8) is 0 Å². The molecule has 5 rings (SSSR count). The van der Waals surface area contributed by atoms with E-state index < -0.39 is 42.3 Å². The second-order valence-corrected chi connectivity index (χ2v) is 10.0. The highest BCUT2D eigenvalue weighted by Gasteiger charge is 2.43. The van der Waals surface area contributed by atoms with E-state index in [1.807, 2.05) is 44.2 Å². The lowest BCUT2D eigenvalue weighted by Gasteiger charge is -2.36. The van der Waals surface area contributed by atoms with Gasteiger partial charge in [0, 0.05) is 33.0 Å². The van der Waals surface area contributed by atoms with E-state index in [-0.39, 0.29) is 52.0 Å². The van der Waals surface area contributed by atoms with Crippen molar-refractivity contribution in [2.75, 3.05) is 13.2 Å². The Labute approximate surface area is 214 Å². The predicted octanol–water partition coefficient (Wildman–Crippen LogP) is 3.04. The van der Waals surface area contributed by atoms with Crippen molar-refractivity contribution in [1.29, 1.82) is 0 Å². The van der Waals surface area contributed by atoms with Crippen LogP contribution in [-0.2, 0) is 6.42 Å². The van der Waals surface area contributed by atoms with Crippen LogP contribution in [0, 0.1) is 5.92 Å². The number of imide groups is 2. The summed E-state index contributed by atoms with van der Waals surface area (Å²) in [6.07, 6.45) is 0.728. The Hall–Kier alpha value is -3.88. The zero-order valence-electron chi connectivity index (χ0n) is 20.7. The Morgan fingerprint density at radius 1 is 0.622 bits per heavy atom. The summed E-state index contributed by atoms with van der Waals surface area (Å²) < 4.78 is 0. The fourth-order valence-corrected chi connectivity index (χ4v) is 5.50. The topological polar surface area (TPSA) is 115 Å². The van der Waals surface area contributed by atoms with Crippen LogP contribution in [0.1, 0.15) is 67.3 Å². The van der Waals surface area contributed by atoms with Crippen molar-refractivity contribution in [3.05, 3.63) is 82.4 Å². The highest BCUT2D eigenvalue weighted by molar-refractivity contribution is 6.33. The van der Waals surface area contributed by atoms with Gasteiger partial charge in [-0.2, -0.15) is 0 Å². The molecule has 3 aromatic carbocycles. The molecule has 8 nitrogen and oxygen atoms in total. The first kappa shape index (κ1) is 24.8. The number of carbonyl (C=O) groups is 4. The van der Waals surface area contributed by atoms with E-state index in [0.29, 0.717) is 6.42 Å². The maximum absolute atomic E-state index is 13.6. The normalized spacial score (nSPS) is 16.7. The highest BCUT2D eigenvalue weighted by Crippen LogP contribution is 2.39. The maximum Gasteiger partial charge on any atom is 0.261 e. The van der Waals surface area contributed by atoms with Crippen LogP contribution >= 0.6 is 0 Å². The Balaban J connectivity index is 1.60. The first-order valence-electron chi connectivity index (χ1n) is 12.4. The summed E-state index contributed by atoms with van der Waals surface area (Å²) in [4.78, 5) is 56.4. The minimum Gasteiger partial charge on any atom is -0.394 e. The number of aliphatic hydroxyl groups is 2. The fourth-order valence-electron chi connectivity index (χ4n) is 5.50. The molecule has 0 bridgehead atoms. The Morgan fingerprint density at radius 2 is 1.03 bits per heavy atom. The molecule has 0 saturated heterocycles. The summed E-state index contributed by atoms with van der Waals surface area (Å²) in [6, 6.07) is 13.8. The number of amides is 4. The minimum atomic E-state index is -0.780. The van der Waals surface area contributed by atoms with Gasteiger partial charge in [-0.15, -0.1) is 0 Å². The lowest BCUT2D eigenvalue weighted by Crippen LogP contribution is -2.51. The summed E-state index contributed by atoms with van der Waals surface area (Å²) in [5.74, 6) is -2.12. The van der Waals surface area contributed by atoms with Crippen LogP contribution in [0.5, 0.6) is 0 Å².